The van der Waals surface area contributed by atoms with Crippen LogP contribution >= 0.6 is 38.6 Å². The quantitative estimate of drug-likeness (QED) is 0.396. The molecule has 1 fully saturated rings. The second-order valence-corrected chi connectivity index (χ2v) is 9.55. The highest BCUT2D eigenvalue weighted by Crippen LogP contribution is 2.36. The summed E-state index contributed by atoms with van der Waals surface area (Å²) in [7, 11) is 0. The number of ether oxygens (including phenoxy) is 1. The zero-order valence-corrected chi connectivity index (χ0v) is 18.6. The number of nitrogens with zero attached hydrogens (tertiary/aromatic N) is 4. The van der Waals surface area contributed by atoms with Crippen LogP contribution in [0, 0.1) is 0 Å². The van der Waals surface area contributed by atoms with Gasteiger partial charge in [0.05, 0.1) is 21.5 Å². The van der Waals surface area contributed by atoms with Crippen LogP contribution in [0.2, 0.25) is 0 Å². The van der Waals surface area contributed by atoms with E-state index in [1.165, 1.54) is 9.40 Å². The summed E-state index contributed by atoms with van der Waals surface area (Å²) in [6.45, 7) is 6.47. The number of rotatable bonds is 4. The topological polar surface area (TPSA) is 41.5 Å². The van der Waals surface area contributed by atoms with Gasteiger partial charge in [0.15, 0.2) is 10.3 Å². The molecule has 0 radical (unpaired) electrons. The Balaban J connectivity index is 1.34. The molecular formula is C20H19BrN4OS2. The van der Waals surface area contributed by atoms with Crippen LogP contribution in [0.15, 0.2) is 40.9 Å². The number of aromatic nitrogens is 2. The molecule has 0 amide bonds. The van der Waals surface area contributed by atoms with Gasteiger partial charge in [-0.1, -0.05) is 44.7 Å². The van der Waals surface area contributed by atoms with Crippen LogP contribution in [-0.4, -0.2) is 42.8 Å². The molecule has 3 heterocycles. The largest absolute Gasteiger partial charge is 0.492 e. The molecule has 0 atom stereocenters. The molecule has 5 nitrogen and oxygen atoms in total. The van der Waals surface area contributed by atoms with Crippen molar-refractivity contribution in [3.8, 4) is 5.75 Å². The second-order valence-electron chi connectivity index (χ2n) is 6.61. The first-order valence-corrected chi connectivity index (χ1v) is 11.7. The van der Waals surface area contributed by atoms with E-state index in [9.17, 15) is 0 Å². The van der Waals surface area contributed by atoms with Crippen LogP contribution in [0.5, 0.6) is 5.75 Å². The summed E-state index contributed by atoms with van der Waals surface area (Å²) in [5.74, 6) is 0.877. The van der Waals surface area contributed by atoms with Crippen molar-refractivity contribution in [2.24, 2.45) is 0 Å². The Morgan fingerprint density at radius 1 is 0.964 bits per heavy atom. The van der Waals surface area contributed by atoms with Gasteiger partial charge < -0.3 is 14.5 Å². The SMILES string of the molecule is CCOc1cccc2sc(N3CCN(c4nc5ccc(Br)cc5s4)CC3)nc12. The summed E-state index contributed by atoms with van der Waals surface area (Å²) in [4.78, 5) is 14.5. The molecule has 0 unspecified atom stereocenters. The summed E-state index contributed by atoms with van der Waals surface area (Å²) < 4.78 is 9.24. The van der Waals surface area contributed by atoms with Crippen molar-refractivity contribution in [1.82, 2.24) is 9.97 Å². The Labute approximate surface area is 179 Å². The number of thiazole rings is 2. The molecule has 8 heteroatoms. The fourth-order valence-corrected chi connectivity index (χ4v) is 6.03. The molecule has 2 aromatic carbocycles. The van der Waals surface area contributed by atoms with E-state index in [2.05, 4.69) is 43.9 Å². The van der Waals surface area contributed by atoms with Gasteiger partial charge in [0.2, 0.25) is 0 Å². The predicted molar refractivity (Wildman–Crippen MR) is 123 cm³/mol. The van der Waals surface area contributed by atoms with E-state index < -0.39 is 0 Å². The molecule has 1 aliphatic rings. The molecule has 0 N–H and O–H groups in total. The van der Waals surface area contributed by atoms with Crippen molar-refractivity contribution in [2.75, 3.05) is 42.6 Å². The standard InChI is InChI=1S/C20H19BrN4OS2/c1-2-26-15-4-3-5-16-18(15)23-20(27-16)25-10-8-24(9-11-25)19-22-14-7-6-13(21)12-17(14)28-19/h3-7,12H,2,8-11H2,1H3. The lowest BCUT2D eigenvalue weighted by Gasteiger charge is -2.34. The van der Waals surface area contributed by atoms with Crippen LogP contribution in [0.3, 0.4) is 0 Å². The molecule has 5 rings (SSSR count). The molecule has 4 aromatic rings. The van der Waals surface area contributed by atoms with E-state index in [0.29, 0.717) is 6.61 Å². The van der Waals surface area contributed by atoms with Crippen molar-refractivity contribution < 1.29 is 4.74 Å². The normalized spacial score (nSPS) is 14.9. The van der Waals surface area contributed by atoms with Gasteiger partial charge in [0, 0.05) is 30.7 Å². The Kier molecular flexibility index (Phi) is 4.86. The highest BCUT2D eigenvalue weighted by atomic mass is 79.9. The number of piperazine rings is 1. The molecule has 0 spiro atoms. The Morgan fingerprint density at radius 3 is 2.43 bits per heavy atom. The molecule has 1 aliphatic heterocycles. The van der Waals surface area contributed by atoms with Crippen molar-refractivity contribution in [3.63, 3.8) is 0 Å². The molecule has 2 aromatic heterocycles. The third-order valence-corrected chi connectivity index (χ3v) is 7.48. The fraction of sp³-hybridized carbons (Fsp3) is 0.300. The van der Waals surface area contributed by atoms with Gasteiger partial charge in [0.1, 0.15) is 11.3 Å². The number of benzene rings is 2. The fourth-order valence-electron chi connectivity index (χ4n) is 3.43. The molecule has 28 heavy (non-hydrogen) atoms. The zero-order valence-electron chi connectivity index (χ0n) is 15.4. The van der Waals surface area contributed by atoms with Gasteiger partial charge >= 0.3 is 0 Å². The number of hydrogen-bond donors (Lipinski definition) is 0. The maximum atomic E-state index is 5.74. The number of para-hydroxylation sites is 1. The minimum atomic E-state index is 0.656. The van der Waals surface area contributed by atoms with Crippen LogP contribution < -0.4 is 14.5 Å². The summed E-state index contributed by atoms with van der Waals surface area (Å²) in [6, 6.07) is 12.4. The number of fused-ring (bicyclic) bond motifs is 2. The van der Waals surface area contributed by atoms with Gasteiger partial charge in [0.25, 0.3) is 0 Å². The summed E-state index contributed by atoms with van der Waals surface area (Å²) in [6.07, 6.45) is 0. The highest BCUT2D eigenvalue weighted by molar-refractivity contribution is 9.10. The smallest absolute Gasteiger partial charge is 0.186 e. The van der Waals surface area contributed by atoms with E-state index in [0.717, 1.165) is 57.7 Å². The minimum Gasteiger partial charge on any atom is -0.492 e. The summed E-state index contributed by atoms with van der Waals surface area (Å²) >= 11 is 7.05. The van der Waals surface area contributed by atoms with E-state index in [1.54, 1.807) is 22.7 Å². The van der Waals surface area contributed by atoms with Crippen molar-refractivity contribution in [3.05, 3.63) is 40.9 Å². The van der Waals surface area contributed by atoms with E-state index in [1.807, 2.05) is 25.1 Å². The van der Waals surface area contributed by atoms with Crippen LogP contribution in [0.1, 0.15) is 6.92 Å². The van der Waals surface area contributed by atoms with Gasteiger partial charge in [-0.25, -0.2) is 9.97 Å². The van der Waals surface area contributed by atoms with E-state index in [-0.39, 0.29) is 0 Å². The van der Waals surface area contributed by atoms with Crippen molar-refractivity contribution in [2.45, 2.75) is 6.92 Å². The van der Waals surface area contributed by atoms with Gasteiger partial charge in [-0.15, -0.1) is 0 Å². The minimum absolute atomic E-state index is 0.656. The Morgan fingerprint density at radius 2 is 1.68 bits per heavy atom. The van der Waals surface area contributed by atoms with Crippen LogP contribution in [-0.2, 0) is 0 Å². The third-order valence-electron chi connectivity index (χ3n) is 4.83. The lowest BCUT2D eigenvalue weighted by atomic mass is 10.3. The molecule has 0 bridgehead atoms. The first kappa shape index (κ1) is 18.1. The van der Waals surface area contributed by atoms with E-state index >= 15 is 0 Å². The van der Waals surface area contributed by atoms with Gasteiger partial charge in [-0.3, -0.25) is 0 Å². The first-order chi connectivity index (χ1) is 13.7. The average molecular weight is 475 g/mol. The first-order valence-electron chi connectivity index (χ1n) is 9.29. The lowest BCUT2D eigenvalue weighted by Crippen LogP contribution is -2.46. The number of anilines is 2. The Bertz CT molecular complexity index is 1130. The molecular weight excluding hydrogens is 456 g/mol. The third kappa shape index (κ3) is 3.33. The monoisotopic (exact) mass is 474 g/mol. The molecule has 0 aliphatic carbocycles. The summed E-state index contributed by atoms with van der Waals surface area (Å²) in [5.41, 5.74) is 2.05. The maximum Gasteiger partial charge on any atom is 0.186 e. The maximum absolute atomic E-state index is 5.74. The van der Waals surface area contributed by atoms with E-state index in [4.69, 9.17) is 14.7 Å². The van der Waals surface area contributed by atoms with Gasteiger partial charge in [-0.2, -0.15) is 0 Å². The summed E-state index contributed by atoms with van der Waals surface area (Å²) in [5, 5.41) is 2.19. The molecule has 0 saturated carbocycles. The van der Waals surface area contributed by atoms with Crippen molar-refractivity contribution in [1.29, 1.82) is 0 Å². The highest BCUT2D eigenvalue weighted by Gasteiger charge is 2.22. The average Bonchev–Trinajstić information content (AvgIpc) is 3.33. The molecule has 1 saturated heterocycles. The van der Waals surface area contributed by atoms with Gasteiger partial charge in [-0.05, 0) is 37.3 Å². The van der Waals surface area contributed by atoms with Crippen LogP contribution in [0.25, 0.3) is 20.4 Å². The predicted octanol–water partition coefficient (Wildman–Crippen LogP) is 5.39. The zero-order chi connectivity index (χ0) is 19.1. The number of halogens is 1. The van der Waals surface area contributed by atoms with Crippen LogP contribution in [0.4, 0.5) is 10.3 Å². The molecule has 144 valence electrons. The number of hydrogen-bond acceptors (Lipinski definition) is 7. The Hall–Kier alpha value is -1.90. The second kappa shape index (κ2) is 7.50. The lowest BCUT2D eigenvalue weighted by molar-refractivity contribution is 0.344. The van der Waals surface area contributed by atoms with Crippen molar-refractivity contribution >= 4 is 69.3 Å².